The lowest BCUT2D eigenvalue weighted by Gasteiger charge is -2.34. The standard InChI is InChI=1S/C23H26N2O3/c1-28-20(17-8-4-2-5-9-17)22(27)25-14-12-23(13-15-25)16-19(23)21(26)24-18-10-6-3-7-11-18/h2-11,19-20H,12-16H2,1H3,(H,24,26). The van der Waals surface area contributed by atoms with Crippen LogP contribution < -0.4 is 5.32 Å². The summed E-state index contributed by atoms with van der Waals surface area (Å²) >= 11 is 0. The summed E-state index contributed by atoms with van der Waals surface area (Å²) in [6.07, 6.45) is 2.10. The highest BCUT2D eigenvalue weighted by atomic mass is 16.5. The summed E-state index contributed by atoms with van der Waals surface area (Å²) < 4.78 is 5.49. The number of hydrogen-bond acceptors (Lipinski definition) is 3. The second kappa shape index (κ2) is 7.76. The van der Waals surface area contributed by atoms with E-state index in [-0.39, 0.29) is 23.1 Å². The number of rotatable bonds is 5. The number of benzene rings is 2. The minimum atomic E-state index is -0.563. The Labute approximate surface area is 165 Å². The average molecular weight is 378 g/mol. The van der Waals surface area contributed by atoms with Crippen molar-refractivity contribution < 1.29 is 14.3 Å². The smallest absolute Gasteiger partial charge is 0.256 e. The molecule has 2 aliphatic rings. The molecule has 2 unspecified atom stereocenters. The lowest BCUT2D eigenvalue weighted by atomic mass is 9.90. The summed E-state index contributed by atoms with van der Waals surface area (Å²) in [6, 6.07) is 19.2. The first kappa shape index (κ1) is 18.7. The number of para-hydroxylation sites is 1. The average Bonchev–Trinajstić information content (AvgIpc) is 3.44. The van der Waals surface area contributed by atoms with Crippen LogP contribution in [0.4, 0.5) is 5.69 Å². The van der Waals surface area contributed by atoms with Crippen molar-refractivity contribution in [2.45, 2.75) is 25.4 Å². The number of anilines is 1. The first-order valence-electron chi connectivity index (χ1n) is 9.85. The molecular weight excluding hydrogens is 352 g/mol. The van der Waals surface area contributed by atoms with Gasteiger partial charge in [-0.05, 0) is 42.4 Å². The van der Waals surface area contributed by atoms with Gasteiger partial charge >= 0.3 is 0 Å². The normalized spacial score (nSPS) is 21.2. The molecule has 1 saturated heterocycles. The fourth-order valence-electron chi connectivity index (χ4n) is 4.37. The van der Waals surface area contributed by atoms with Gasteiger partial charge in [-0.15, -0.1) is 0 Å². The van der Waals surface area contributed by atoms with Crippen molar-refractivity contribution in [2.24, 2.45) is 11.3 Å². The number of carbonyl (C=O) groups excluding carboxylic acids is 2. The highest BCUT2D eigenvalue weighted by molar-refractivity contribution is 5.95. The zero-order chi connectivity index (χ0) is 19.6. The summed E-state index contributed by atoms with van der Waals surface area (Å²) in [6.45, 7) is 1.36. The molecule has 1 saturated carbocycles. The molecule has 5 heteroatoms. The number of carbonyl (C=O) groups is 2. The Morgan fingerprint density at radius 1 is 1.04 bits per heavy atom. The van der Waals surface area contributed by atoms with Gasteiger partial charge in [0, 0.05) is 31.8 Å². The van der Waals surface area contributed by atoms with Crippen molar-refractivity contribution >= 4 is 17.5 Å². The summed E-state index contributed by atoms with van der Waals surface area (Å²) in [5.74, 6) is 0.164. The van der Waals surface area contributed by atoms with Gasteiger partial charge in [-0.2, -0.15) is 0 Å². The Bertz CT molecular complexity index is 829. The number of nitrogens with one attached hydrogen (secondary N) is 1. The van der Waals surface area contributed by atoms with E-state index in [2.05, 4.69) is 5.32 Å². The third kappa shape index (κ3) is 3.67. The second-order valence-corrected chi connectivity index (χ2v) is 7.83. The van der Waals surface area contributed by atoms with Crippen LogP contribution in [-0.2, 0) is 14.3 Å². The van der Waals surface area contributed by atoms with Gasteiger partial charge in [-0.25, -0.2) is 0 Å². The molecule has 2 atom stereocenters. The number of likely N-dealkylation sites (tertiary alicyclic amines) is 1. The lowest BCUT2D eigenvalue weighted by Crippen LogP contribution is -2.42. The van der Waals surface area contributed by atoms with Crippen LogP contribution in [-0.4, -0.2) is 36.9 Å². The van der Waals surface area contributed by atoms with Gasteiger partial charge in [0.2, 0.25) is 5.91 Å². The third-order valence-electron chi connectivity index (χ3n) is 6.18. The van der Waals surface area contributed by atoms with Crippen molar-refractivity contribution in [1.29, 1.82) is 0 Å². The Morgan fingerprint density at radius 3 is 2.25 bits per heavy atom. The third-order valence-corrected chi connectivity index (χ3v) is 6.18. The molecule has 0 radical (unpaired) electrons. The highest BCUT2D eigenvalue weighted by Gasteiger charge is 2.58. The maximum Gasteiger partial charge on any atom is 0.256 e. The number of hydrogen-bond donors (Lipinski definition) is 1. The lowest BCUT2D eigenvalue weighted by molar-refractivity contribution is -0.144. The molecule has 2 fully saturated rings. The Balaban J connectivity index is 1.33. The molecule has 1 N–H and O–H groups in total. The van der Waals surface area contributed by atoms with Crippen LogP contribution in [0.5, 0.6) is 0 Å². The van der Waals surface area contributed by atoms with Crippen LogP contribution in [0.3, 0.4) is 0 Å². The quantitative estimate of drug-likeness (QED) is 0.864. The van der Waals surface area contributed by atoms with Crippen molar-refractivity contribution in [3.63, 3.8) is 0 Å². The van der Waals surface area contributed by atoms with Crippen molar-refractivity contribution in [1.82, 2.24) is 4.90 Å². The van der Waals surface area contributed by atoms with Crippen molar-refractivity contribution in [3.8, 4) is 0 Å². The first-order chi connectivity index (χ1) is 13.6. The summed E-state index contributed by atoms with van der Waals surface area (Å²) in [7, 11) is 1.58. The zero-order valence-corrected chi connectivity index (χ0v) is 16.1. The predicted octanol–water partition coefficient (Wildman–Crippen LogP) is 3.64. The molecule has 4 rings (SSSR count). The van der Waals surface area contributed by atoms with E-state index in [1.54, 1.807) is 7.11 Å². The molecule has 1 aliphatic heterocycles. The minimum absolute atomic E-state index is 0.00878. The van der Waals surface area contributed by atoms with E-state index < -0.39 is 6.10 Å². The summed E-state index contributed by atoms with van der Waals surface area (Å²) in [5.41, 5.74) is 1.78. The number of methoxy groups -OCH3 is 1. The number of ether oxygens (including phenoxy) is 1. The largest absolute Gasteiger partial charge is 0.367 e. The fraction of sp³-hybridized carbons (Fsp3) is 0.391. The topological polar surface area (TPSA) is 58.6 Å². The van der Waals surface area contributed by atoms with Crippen LogP contribution in [0.1, 0.15) is 30.9 Å². The van der Waals surface area contributed by atoms with Gasteiger partial charge in [0.05, 0.1) is 0 Å². The molecule has 2 aromatic carbocycles. The van der Waals surface area contributed by atoms with Crippen molar-refractivity contribution in [2.75, 3.05) is 25.5 Å². The maximum atomic E-state index is 12.9. The maximum absolute atomic E-state index is 12.9. The van der Waals surface area contributed by atoms with Gasteiger partial charge < -0.3 is 15.0 Å². The van der Waals surface area contributed by atoms with Gasteiger partial charge in [-0.1, -0.05) is 48.5 Å². The van der Waals surface area contributed by atoms with E-state index in [9.17, 15) is 9.59 Å². The summed E-state index contributed by atoms with van der Waals surface area (Å²) in [4.78, 5) is 27.4. The predicted molar refractivity (Wildman–Crippen MR) is 108 cm³/mol. The van der Waals surface area contributed by atoms with Crippen LogP contribution in [0.25, 0.3) is 0 Å². The van der Waals surface area contributed by atoms with E-state index in [1.807, 2.05) is 65.6 Å². The van der Waals surface area contributed by atoms with E-state index in [0.717, 1.165) is 30.5 Å². The number of piperidine rings is 1. The summed E-state index contributed by atoms with van der Waals surface area (Å²) in [5, 5.41) is 3.02. The van der Waals surface area contributed by atoms with Crippen LogP contribution >= 0.6 is 0 Å². The molecule has 1 aliphatic carbocycles. The van der Waals surface area contributed by atoms with Gasteiger partial charge in [0.15, 0.2) is 6.10 Å². The van der Waals surface area contributed by atoms with E-state index in [4.69, 9.17) is 4.74 Å². The van der Waals surface area contributed by atoms with E-state index >= 15 is 0 Å². The first-order valence-corrected chi connectivity index (χ1v) is 9.85. The molecular formula is C23H26N2O3. The molecule has 1 heterocycles. The second-order valence-electron chi connectivity index (χ2n) is 7.83. The Morgan fingerprint density at radius 2 is 1.64 bits per heavy atom. The van der Waals surface area contributed by atoms with E-state index in [0.29, 0.717) is 13.1 Å². The molecule has 0 bridgehead atoms. The molecule has 5 nitrogen and oxygen atoms in total. The minimum Gasteiger partial charge on any atom is -0.367 e. The highest BCUT2D eigenvalue weighted by Crippen LogP contribution is 2.59. The monoisotopic (exact) mass is 378 g/mol. The zero-order valence-electron chi connectivity index (χ0n) is 16.1. The molecule has 1 spiro atoms. The van der Waals surface area contributed by atoms with Gasteiger partial charge in [0.1, 0.15) is 0 Å². The Kier molecular flexibility index (Phi) is 5.18. The molecule has 2 aromatic rings. The fourth-order valence-corrected chi connectivity index (χ4v) is 4.37. The molecule has 0 aromatic heterocycles. The van der Waals surface area contributed by atoms with Crippen molar-refractivity contribution in [3.05, 3.63) is 66.2 Å². The van der Waals surface area contributed by atoms with Gasteiger partial charge in [-0.3, -0.25) is 9.59 Å². The van der Waals surface area contributed by atoms with Crippen LogP contribution in [0.15, 0.2) is 60.7 Å². The van der Waals surface area contributed by atoms with Crippen LogP contribution in [0, 0.1) is 11.3 Å². The molecule has 2 amide bonds. The number of amides is 2. The SMILES string of the molecule is COC(C(=O)N1CCC2(CC1)CC2C(=O)Nc1ccccc1)c1ccccc1. The Hall–Kier alpha value is -2.66. The van der Waals surface area contributed by atoms with E-state index in [1.165, 1.54) is 0 Å². The number of nitrogens with zero attached hydrogens (tertiary/aromatic N) is 1. The molecule has 28 heavy (non-hydrogen) atoms. The van der Waals surface area contributed by atoms with Crippen LogP contribution in [0.2, 0.25) is 0 Å². The molecule has 146 valence electrons. The van der Waals surface area contributed by atoms with Gasteiger partial charge in [0.25, 0.3) is 5.91 Å².